The molecule has 0 aromatic heterocycles. The number of hydrogen-bond acceptors (Lipinski definition) is 4. The number of anilines is 2. The van der Waals surface area contributed by atoms with Gasteiger partial charge in [-0.25, -0.2) is 4.79 Å². The molecule has 0 saturated carbocycles. The Balaban J connectivity index is 1.97. The minimum absolute atomic E-state index is 0.0454. The standard InChI is InChI=1S/C20H19ClF3N3O2/c1-2-29-19(28)18(27-11-5-7-13-6-3-4-8-17(13)27)26-25-16-12-14(20(22,23)24)9-10-15(16)21/h3-4,6,8-10,12,25H,2,5,7,11H2,1H3/b26-18-. The summed E-state index contributed by atoms with van der Waals surface area (Å²) in [4.78, 5) is 14.2. The van der Waals surface area contributed by atoms with Crippen LogP contribution in [-0.2, 0) is 22.1 Å². The number of fused-ring (bicyclic) bond motifs is 1. The lowest BCUT2D eigenvalue weighted by Gasteiger charge is -2.30. The number of para-hydroxylation sites is 1. The van der Waals surface area contributed by atoms with Gasteiger partial charge in [-0.2, -0.15) is 13.2 Å². The SMILES string of the molecule is CCOC(=O)/C(=N/Nc1cc(C(F)(F)F)ccc1Cl)N1CCCc2ccccc21. The second-order valence-corrected chi connectivity index (χ2v) is 6.75. The number of rotatable bonds is 3. The molecule has 1 aliphatic heterocycles. The Morgan fingerprint density at radius 3 is 2.76 bits per heavy atom. The van der Waals surface area contributed by atoms with E-state index in [4.69, 9.17) is 16.3 Å². The van der Waals surface area contributed by atoms with Crippen LogP contribution in [0.1, 0.15) is 24.5 Å². The van der Waals surface area contributed by atoms with Crippen LogP contribution in [0.5, 0.6) is 0 Å². The fraction of sp³-hybridized carbons (Fsp3) is 0.300. The van der Waals surface area contributed by atoms with Gasteiger partial charge in [-0.05, 0) is 49.6 Å². The van der Waals surface area contributed by atoms with Crippen molar-refractivity contribution in [2.75, 3.05) is 23.5 Å². The molecule has 0 atom stereocenters. The van der Waals surface area contributed by atoms with Crippen molar-refractivity contribution in [1.29, 1.82) is 0 Å². The van der Waals surface area contributed by atoms with Crippen LogP contribution >= 0.6 is 11.6 Å². The maximum absolute atomic E-state index is 13.0. The number of hydrogen-bond donors (Lipinski definition) is 1. The zero-order chi connectivity index (χ0) is 21.0. The van der Waals surface area contributed by atoms with Gasteiger partial charge in [0.15, 0.2) is 0 Å². The molecule has 0 bridgehead atoms. The minimum atomic E-state index is -4.53. The lowest BCUT2D eigenvalue weighted by molar-refractivity contribution is -0.137. The minimum Gasteiger partial charge on any atom is -0.460 e. The Kier molecular flexibility index (Phi) is 6.32. The average molecular weight is 426 g/mol. The summed E-state index contributed by atoms with van der Waals surface area (Å²) < 4.78 is 44.1. The molecule has 0 fully saturated rings. The average Bonchev–Trinajstić information content (AvgIpc) is 2.69. The van der Waals surface area contributed by atoms with Crippen LogP contribution in [-0.4, -0.2) is 25.0 Å². The van der Waals surface area contributed by atoms with E-state index in [9.17, 15) is 18.0 Å². The zero-order valence-corrected chi connectivity index (χ0v) is 16.3. The molecular weight excluding hydrogens is 407 g/mol. The van der Waals surface area contributed by atoms with E-state index in [2.05, 4.69) is 10.5 Å². The van der Waals surface area contributed by atoms with E-state index in [1.165, 1.54) is 0 Å². The molecule has 2 aromatic rings. The summed E-state index contributed by atoms with van der Waals surface area (Å²) in [6.45, 7) is 2.32. The van der Waals surface area contributed by atoms with Crippen LogP contribution in [0.3, 0.4) is 0 Å². The molecule has 0 aliphatic carbocycles. The van der Waals surface area contributed by atoms with Crippen molar-refractivity contribution in [3.8, 4) is 0 Å². The van der Waals surface area contributed by atoms with E-state index in [-0.39, 0.29) is 23.2 Å². The lowest BCUT2D eigenvalue weighted by atomic mass is 10.0. The summed E-state index contributed by atoms with van der Waals surface area (Å²) in [5, 5.41) is 4.13. The van der Waals surface area contributed by atoms with Crippen LogP contribution in [0.2, 0.25) is 5.02 Å². The predicted octanol–water partition coefficient (Wildman–Crippen LogP) is 5.10. The Labute approximate surface area is 171 Å². The van der Waals surface area contributed by atoms with Gasteiger partial charge in [0.05, 0.1) is 22.9 Å². The van der Waals surface area contributed by atoms with Gasteiger partial charge in [0.25, 0.3) is 0 Å². The van der Waals surface area contributed by atoms with Crippen molar-refractivity contribution in [3.63, 3.8) is 0 Å². The Hall–Kier alpha value is -2.74. The number of carbonyl (C=O) groups is 1. The highest BCUT2D eigenvalue weighted by Crippen LogP contribution is 2.34. The van der Waals surface area contributed by atoms with E-state index in [0.29, 0.717) is 6.54 Å². The van der Waals surface area contributed by atoms with E-state index in [1.54, 1.807) is 11.8 Å². The first kappa shape index (κ1) is 21.0. The van der Waals surface area contributed by atoms with Crippen molar-refractivity contribution >= 4 is 34.8 Å². The molecule has 3 rings (SSSR count). The van der Waals surface area contributed by atoms with Crippen molar-refractivity contribution in [2.45, 2.75) is 25.9 Å². The molecule has 2 aromatic carbocycles. The van der Waals surface area contributed by atoms with Gasteiger partial charge >= 0.3 is 12.1 Å². The van der Waals surface area contributed by atoms with E-state index in [0.717, 1.165) is 42.3 Å². The number of hydrazone groups is 1. The molecule has 0 spiro atoms. The fourth-order valence-corrected chi connectivity index (χ4v) is 3.23. The number of aryl methyl sites for hydroxylation is 1. The van der Waals surface area contributed by atoms with Gasteiger partial charge < -0.3 is 9.64 Å². The molecule has 1 aliphatic rings. The molecule has 0 saturated heterocycles. The van der Waals surface area contributed by atoms with E-state index >= 15 is 0 Å². The lowest BCUT2D eigenvalue weighted by Crippen LogP contribution is -2.41. The summed E-state index contributed by atoms with van der Waals surface area (Å²) in [5.74, 6) is -0.729. The summed E-state index contributed by atoms with van der Waals surface area (Å²) in [5.41, 5.74) is 3.43. The first-order chi connectivity index (χ1) is 13.8. The first-order valence-electron chi connectivity index (χ1n) is 9.04. The molecular formula is C20H19ClF3N3O2. The topological polar surface area (TPSA) is 53.9 Å². The predicted molar refractivity (Wildman–Crippen MR) is 106 cm³/mol. The third-order valence-electron chi connectivity index (χ3n) is 4.40. The van der Waals surface area contributed by atoms with Crippen molar-refractivity contribution in [2.24, 2.45) is 5.10 Å². The number of nitrogens with one attached hydrogen (secondary N) is 1. The zero-order valence-electron chi connectivity index (χ0n) is 15.6. The van der Waals surface area contributed by atoms with Crippen LogP contribution in [0.4, 0.5) is 24.5 Å². The molecule has 154 valence electrons. The molecule has 0 radical (unpaired) electrons. The number of amidine groups is 1. The number of carbonyl (C=O) groups excluding carboxylic acids is 1. The fourth-order valence-electron chi connectivity index (χ4n) is 3.07. The monoisotopic (exact) mass is 425 g/mol. The number of halogens is 4. The first-order valence-corrected chi connectivity index (χ1v) is 9.42. The molecule has 1 heterocycles. The largest absolute Gasteiger partial charge is 0.460 e. The molecule has 9 heteroatoms. The highest BCUT2D eigenvalue weighted by atomic mass is 35.5. The maximum Gasteiger partial charge on any atom is 0.416 e. The van der Waals surface area contributed by atoms with E-state index in [1.807, 2.05) is 24.3 Å². The number of alkyl halides is 3. The molecule has 0 amide bonds. The third kappa shape index (κ3) is 4.82. The van der Waals surface area contributed by atoms with Gasteiger partial charge in [0.1, 0.15) is 0 Å². The summed E-state index contributed by atoms with van der Waals surface area (Å²) >= 11 is 6.01. The summed E-state index contributed by atoms with van der Waals surface area (Å²) in [6, 6.07) is 10.4. The van der Waals surface area contributed by atoms with Crippen molar-refractivity contribution in [3.05, 3.63) is 58.6 Å². The molecule has 1 N–H and O–H groups in total. The Morgan fingerprint density at radius 2 is 2.03 bits per heavy atom. The Bertz CT molecular complexity index is 931. The van der Waals surface area contributed by atoms with Crippen molar-refractivity contribution in [1.82, 2.24) is 0 Å². The molecule has 0 unspecified atom stereocenters. The highest BCUT2D eigenvalue weighted by Gasteiger charge is 2.31. The normalized spacial score (nSPS) is 14.4. The smallest absolute Gasteiger partial charge is 0.416 e. The number of nitrogens with zero attached hydrogens (tertiary/aromatic N) is 2. The number of ether oxygens (including phenoxy) is 1. The number of esters is 1. The Morgan fingerprint density at radius 1 is 1.28 bits per heavy atom. The van der Waals surface area contributed by atoms with Gasteiger partial charge in [-0.15, -0.1) is 5.10 Å². The summed E-state index contributed by atoms with van der Waals surface area (Å²) in [7, 11) is 0. The quantitative estimate of drug-likeness (QED) is 0.322. The maximum atomic E-state index is 13.0. The van der Waals surface area contributed by atoms with Gasteiger partial charge in [0.2, 0.25) is 5.84 Å². The second kappa shape index (κ2) is 8.73. The third-order valence-corrected chi connectivity index (χ3v) is 4.73. The van der Waals surface area contributed by atoms with Gasteiger partial charge in [-0.1, -0.05) is 29.8 Å². The highest BCUT2D eigenvalue weighted by molar-refractivity contribution is 6.41. The van der Waals surface area contributed by atoms with Crippen molar-refractivity contribution < 1.29 is 22.7 Å². The van der Waals surface area contributed by atoms with Crippen LogP contribution in [0.25, 0.3) is 0 Å². The van der Waals surface area contributed by atoms with E-state index < -0.39 is 17.7 Å². The number of benzene rings is 2. The second-order valence-electron chi connectivity index (χ2n) is 6.34. The van der Waals surface area contributed by atoms with Gasteiger partial charge in [0, 0.05) is 12.2 Å². The van der Waals surface area contributed by atoms with Gasteiger partial charge in [-0.3, -0.25) is 5.43 Å². The van der Waals surface area contributed by atoms with Crippen LogP contribution < -0.4 is 10.3 Å². The molecule has 29 heavy (non-hydrogen) atoms. The van der Waals surface area contributed by atoms with Crippen LogP contribution in [0, 0.1) is 0 Å². The van der Waals surface area contributed by atoms with Crippen LogP contribution in [0.15, 0.2) is 47.6 Å². The summed E-state index contributed by atoms with van der Waals surface area (Å²) in [6.07, 6.45) is -2.88. The molecule has 5 nitrogen and oxygen atoms in total.